The molecule has 1 aromatic carbocycles. The van der Waals surface area contributed by atoms with Gasteiger partial charge in [-0.15, -0.1) is 0 Å². The normalized spacial score (nSPS) is 16.6. The minimum absolute atomic E-state index is 1.11. The van der Waals surface area contributed by atoms with Crippen molar-refractivity contribution in [2.75, 3.05) is 0 Å². The second-order valence-corrected chi connectivity index (χ2v) is 4.89. The highest BCUT2D eigenvalue weighted by molar-refractivity contribution is 5.82. The SMILES string of the molecule is Cc1ccc2c(n1)/C(=C/c1ccccc1)CCC2. The molecule has 0 radical (unpaired) electrons. The quantitative estimate of drug-likeness (QED) is 0.719. The van der Waals surface area contributed by atoms with E-state index < -0.39 is 0 Å². The van der Waals surface area contributed by atoms with Gasteiger partial charge in [-0.25, -0.2) is 0 Å². The molecule has 1 aromatic heterocycles. The lowest BCUT2D eigenvalue weighted by molar-refractivity contribution is 0.808. The lowest BCUT2D eigenvalue weighted by Crippen LogP contribution is -2.05. The number of nitrogens with zero attached hydrogens (tertiary/aromatic N) is 1. The van der Waals surface area contributed by atoms with Crippen LogP contribution in [0.2, 0.25) is 0 Å². The maximum Gasteiger partial charge on any atom is 0.0696 e. The van der Waals surface area contributed by atoms with Crippen LogP contribution in [0.3, 0.4) is 0 Å². The molecule has 1 heteroatoms. The largest absolute Gasteiger partial charge is 0.253 e. The number of aromatic nitrogens is 1. The first kappa shape index (κ1) is 11.2. The van der Waals surface area contributed by atoms with Crippen LogP contribution in [0.5, 0.6) is 0 Å². The summed E-state index contributed by atoms with van der Waals surface area (Å²) in [7, 11) is 0. The lowest BCUT2D eigenvalue weighted by Gasteiger charge is -2.18. The Morgan fingerprint density at radius 3 is 2.67 bits per heavy atom. The van der Waals surface area contributed by atoms with E-state index in [1.807, 2.05) is 0 Å². The molecular weight excluding hydrogens is 218 g/mol. The number of fused-ring (bicyclic) bond motifs is 1. The van der Waals surface area contributed by atoms with E-state index in [-0.39, 0.29) is 0 Å². The van der Waals surface area contributed by atoms with Gasteiger partial charge in [0.2, 0.25) is 0 Å². The van der Waals surface area contributed by atoms with Gasteiger partial charge in [0, 0.05) is 5.69 Å². The summed E-state index contributed by atoms with van der Waals surface area (Å²) in [5.41, 5.74) is 6.36. The Bertz CT molecular complexity index is 582. The van der Waals surface area contributed by atoms with Crippen LogP contribution in [0, 0.1) is 6.92 Å². The van der Waals surface area contributed by atoms with Crippen LogP contribution in [0.1, 0.15) is 35.4 Å². The Morgan fingerprint density at radius 1 is 1.00 bits per heavy atom. The highest BCUT2D eigenvalue weighted by Gasteiger charge is 2.15. The van der Waals surface area contributed by atoms with Gasteiger partial charge in [-0.3, -0.25) is 4.98 Å². The first-order chi connectivity index (χ1) is 8.83. The van der Waals surface area contributed by atoms with E-state index in [1.165, 1.54) is 28.8 Å². The molecule has 2 aromatic rings. The molecule has 1 aliphatic carbocycles. The third-order valence-electron chi connectivity index (χ3n) is 3.45. The topological polar surface area (TPSA) is 12.9 Å². The Kier molecular flexibility index (Phi) is 2.97. The fraction of sp³-hybridized carbons (Fsp3) is 0.235. The zero-order chi connectivity index (χ0) is 12.4. The van der Waals surface area contributed by atoms with Crippen molar-refractivity contribution in [2.24, 2.45) is 0 Å². The molecule has 0 amide bonds. The van der Waals surface area contributed by atoms with Crippen molar-refractivity contribution in [1.82, 2.24) is 4.98 Å². The van der Waals surface area contributed by atoms with Gasteiger partial charge in [-0.1, -0.05) is 36.4 Å². The van der Waals surface area contributed by atoms with E-state index in [9.17, 15) is 0 Å². The number of rotatable bonds is 1. The number of aryl methyl sites for hydroxylation is 2. The van der Waals surface area contributed by atoms with Crippen LogP contribution < -0.4 is 0 Å². The maximum absolute atomic E-state index is 4.72. The molecule has 0 atom stereocenters. The molecule has 90 valence electrons. The zero-order valence-corrected chi connectivity index (χ0v) is 10.7. The smallest absolute Gasteiger partial charge is 0.0696 e. The summed E-state index contributed by atoms with van der Waals surface area (Å²) in [6.07, 6.45) is 5.81. The second kappa shape index (κ2) is 4.77. The minimum Gasteiger partial charge on any atom is -0.253 e. The van der Waals surface area contributed by atoms with Crippen molar-refractivity contribution in [3.05, 3.63) is 65.0 Å². The molecule has 0 spiro atoms. The first-order valence-electron chi connectivity index (χ1n) is 6.55. The van der Waals surface area contributed by atoms with Crippen LogP contribution >= 0.6 is 0 Å². The van der Waals surface area contributed by atoms with E-state index >= 15 is 0 Å². The maximum atomic E-state index is 4.72. The van der Waals surface area contributed by atoms with Gasteiger partial charge in [0.15, 0.2) is 0 Å². The van der Waals surface area contributed by atoms with Crippen molar-refractivity contribution >= 4 is 11.6 Å². The van der Waals surface area contributed by atoms with Gasteiger partial charge in [0.25, 0.3) is 0 Å². The average Bonchev–Trinajstić information content (AvgIpc) is 2.41. The summed E-state index contributed by atoms with van der Waals surface area (Å²) in [6, 6.07) is 14.9. The van der Waals surface area contributed by atoms with Crippen LogP contribution in [0.4, 0.5) is 0 Å². The van der Waals surface area contributed by atoms with Crippen LogP contribution in [0.25, 0.3) is 11.6 Å². The molecule has 0 fully saturated rings. The highest BCUT2D eigenvalue weighted by atomic mass is 14.7. The first-order valence-corrected chi connectivity index (χ1v) is 6.55. The van der Waals surface area contributed by atoms with E-state index in [4.69, 9.17) is 4.98 Å². The third kappa shape index (κ3) is 2.21. The highest BCUT2D eigenvalue weighted by Crippen LogP contribution is 2.30. The summed E-state index contributed by atoms with van der Waals surface area (Å²) >= 11 is 0. The number of allylic oxidation sites excluding steroid dienone is 1. The van der Waals surface area contributed by atoms with Crippen LogP contribution in [-0.2, 0) is 6.42 Å². The van der Waals surface area contributed by atoms with E-state index in [1.54, 1.807) is 0 Å². The molecule has 0 unspecified atom stereocenters. The van der Waals surface area contributed by atoms with Gasteiger partial charge < -0.3 is 0 Å². The molecule has 3 rings (SSSR count). The number of pyridine rings is 1. The Morgan fingerprint density at radius 2 is 1.83 bits per heavy atom. The number of benzene rings is 1. The average molecular weight is 235 g/mol. The van der Waals surface area contributed by atoms with E-state index in [2.05, 4.69) is 55.5 Å². The molecule has 0 N–H and O–H groups in total. The summed E-state index contributed by atoms with van der Waals surface area (Å²) in [6.45, 7) is 2.06. The molecule has 18 heavy (non-hydrogen) atoms. The monoisotopic (exact) mass is 235 g/mol. The Hall–Kier alpha value is -1.89. The molecule has 0 saturated carbocycles. The Labute approximate surface area is 108 Å². The molecule has 0 aliphatic heterocycles. The van der Waals surface area contributed by atoms with Gasteiger partial charge in [-0.2, -0.15) is 0 Å². The van der Waals surface area contributed by atoms with E-state index in [0.717, 1.165) is 18.5 Å². The van der Waals surface area contributed by atoms with Gasteiger partial charge in [-0.05, 0) is 55.0 Å². The van der Waals surface area contributed by atoms with Crippen molar-refractivity contribution < 1.29 is 0 Å². The minimum atomic E-state index is 1.11. The zero-order valence-electron chi connectivity index (χ0n) is 10.7. The molecule has 1 aliphatic rings. The van der Waals surface area contributed by atoms with Crippen LogP contribution in [-0.4, -0.2) is 4.98 Å². The summed E-state index contributed by atoms with van der Waals surface area (Å²) < 4.78 is 0. The Balaban J connectivity index is 2.06. The fourth-order valence-electron chi connectivity index (χ4n) is 2.54. The van der Waals surface area contributed by atoms with Gasteiger partial charge in [0.1, 0.15) is 0 Å². The summed E-state index contributed by atoms with van der Waals surface area (Å²) in [5, 5.41) is 0. The van der Waals surface area contributed by atoms with Gasteiger partial charge >= 0.3 is 0 Å². The van der Waals surface area contributed by atoms with Gasteiger partial charge in [0.05, 0.1) is 5.69 Å². The van der Waals surface area contributed by atoms with Crippen molar-refractivity contribution in [3.63, 3.8) is 0 Å². The number of hydrogen-bond acceptors (Lipinski definition) is 1. The third-order valence-corrected chi connectivity index (χ3v) is 3.45. The molecule has 1 heterocycles. The molecule has 0 bridgehead atoms. The molecular formula is C17H17N. The summed E-state index contributed by atoms with van der Waals surface area (Å²) in [4.78, 5) is 4.72. The summed E-state index contributed by atoms with van der Waals surface area (Å²) in [5.74, 6) is 0. The predicted molar refractivity (Wildman–Crippen MR) is 76.2 cm³/mol. The van der Waals surface area contributed by atoms with Crippen molar-refractivity contribution in [1.29, 1.82) is 0 Å². The standard InChI is InChI=1S/C17H17N/c1-13-10-11-15-8-5-9-16(17(15)18-13)12-14-6-3-2-4-7-14/h2-4,6-7,10-12H,5,8-9H2,1H3/b16-12+. The van der Waals surface area contributed by atoms with Crippen molar-refractivity contribution in [2.45, 2.75) is 26.2 Å². The second-order valence-electron chi connectivity index (χ2n) is 4.89. The van der Waals surface area contributed by atoms with E-state index in [0.29, 0.717) is 0 Å². The molecule has 0 saturated heterocycles. The predicted octanol–water partition coefficient (Wildman–Crippen LogP) is 4.27. The van der Waals surface area contributed by atoms with Crippen molar-refractivity contribution in [3.8, 4) is 0 Å². The fourth-order valence-corrected chi connectivity index (χ4v) is 2.54. The number of hydrogen-bond donors (Lipinski definition) is 0. The molecule has 1 nitrogen and oxygen atoms in total. The van der Waals surface area contributed by atoms with Crippen LogP contribution in [0.15, 0.2) is 42.5 Å². The lowest BCUT2D eigenvalue weighted by atomic mass is 9.90.